The monoisotopic (exact) mass is 586 g/mol. The van der Waals surface area contributed by atoms with Crippen LogP contribution in [-0.2, 0) is 14.3 Å². The molecule has 0 rings (SSSR count). The molecule has 0 fully saturated rings. The van der Waals surface area contributed by atoms with Crippen molar-refractivity contribution in [2.75, 3.05) is 13.2 Å². The van der Waals surface area contributed by atoms with Gasteiger partial charge in [-0.3, -0.25) is 0 Å². The summed E-state index contributed by atoms with van der Waals surface area (Å²) < 4.78 is 4.78. The van der Waals surface area contributed by atoms with E-state index in [1.54, 1.807) is 0 Å². The first-order valence-electron chi connectivity index (χ1n) is 17.2. The molecule has 0 aliphatic carbocycles. The summed E-state index contributed by atoms with van der Waals surface area (Å²) in [6.45, 7) is 2.71. The summed E-state index contributed by atoms with van der Waals surface area (Å²) in [4.78, 5) is 25.1. The Kier molecular flexibility index (Phi) is 25.9. The van der Waals surface area contributed by atoms with E-state index in [0.29, 0.717) is 12.8 Å². The molecule has 244 valence electrons. The van der Waals surface area contributed by atoms with Crippen LogP contribution in [0.15, 0.2) is 0 Å². The average molecular weight is 587 g/mol. The molecule has 4 N–H and O–H groups in total. The molecule has 0 aliphatic heterocycles. The number of hydrogen-bond donors (Lipinski definition) is 4. The van der Waals surface area contributed by atoms with Crippen LogP contribution in [0.4, 0.5) is 0 Å². The number of aliphatic hydroxyl groups is 4. The van der Waals surface area contributed by atoms with Gasteiger partial charge in [-0.1, -0.05) is 155 Å². The van der Waals surface area contributed by atoms with Crippen molar-refractivity contribution in [2.24, 2.45) is 0 Å². The number of aliphatic hydroxyl groups excluding tert-OH is 2. The maximum Gasteiger partial charge on any atom is 0.348 e. The van der Waals surface area contributed by atoms with E-state index >= 15 is 0 Å². The maximum absolute atomic E-state index is 12.5. The number of unbranched alkanes of at least 4 members (excludes halogenated alkanes) is 22. The van der Waals surface area contributed by atoms with E-state index in [0.717, 1.165) is 38.5 Å². The fourth-order valence-corrected chi connectivity index (χ4v) is 5.28. The minimum atomic E-state index is -2.19. The molecular weight excluding hydrogens is 520 g/mol. The minimum Gasteiger partial charge on any atom is -0.393 e. The number of hydrogen-bond acceptors (Lipinski definition) is 7. The van der Waals surface area contributed by atoms with Crippen LogP contribution in [0.3, 0.4) is 0 Å². The molecule has 0 aromatic heterocycles. The Labute approximate surface area is 251 Å². The van der Waals surface area contributed by atoms with Crippen LogP contribution in [0.25, 0.3) is 0 Å². The van der Waals surface area contributed by atoms with Gasteiger partial charge in [-0.15, -0.1) is 0 Å². The third-order valence-electron chi connectivity index (χ3n) is 8.36. The fourth-order valence-electron chi connectivity index (χ4n) is 5.28. The SMILES string of the molecule is CCCCCCCCCCCCCCC(O)(CO)C(=O)OC(=O)C(O)(CO)CCCCCCCCCCCCCC. The van der Waals surface area contributed by atoms with E-state index in [-0.39, 0.29) is 12.8 Å². The van der Waals surface area contributed by atoms with E-state index in [1.807, 2.05) is 0 Å². The lowest BCUT2D eigenvalue weighted by molar-refractivity contribution is -0.190. The van der Waals surface area contributed by atoms with Gasteiger partial charge < -0.3 is 25.2 Å². The lowest BCUT2D eigenvalue weighted by Crippen LogP contribution is -2.50. The van der Waals surface area contributed by atoms with E-state index in [2.05, 4.69) is 13.8 Å². The topological polar surface area (TPSA) is 124 Å². The second kappa shape index (κ2) is 26.6. The van der Waals surface area contributed by atoms with Crippen LogP contribution >= 0.6 is 0 Å². The van der Waals surface area contributed by atoms with Crippen LogP contribution in [0, 0.1) is 0 Å². The maximum atomic E-state index is 12.5. The molecule has 0 aromatic rings. The molecule has 0 amide bonds. The Morgan fingerprint density at radius 2 is 0.659 bits per heavy atom. The van der Waals surface area contributed by atoms with E-state index < -0.39 is 36.4 Å². The highest BCUT2D eigenvalue weighted by Crippen LogP contribution is 2.23. The molecule has 0 heterocycles. The Morgan fingerprint density at radius 3 is 0.878 bits per heavy atom. The van der Waals surface area contributed by atoms with Crippen molar-refractivity contribution in [3.8, 4) is 0 Å². The Morgan fingerprint density at radius 1 is 0.439 bits per heavy atom. The molecule has 0 aromatic carbocycles. The largest absolute Gasteiger partial charge is 0.393 e. The standard InChI is InChI=1S/C34H66O7/c1-3-5-7-9-11-13-15-17-19-21-23-25-27-33(39,29-35)31(37)41-32(38)34(40,30-36)28-26-24-22-20-18-16-14-12-10-8-6-4-2/h35-36,39-40H,3-30H2,1-2H3. The summed E-state index contributed by atoms with van der Waals surface area (Å²) in [5, 5.41) is 40.5. The van der Waals surface area contributed by atoms with E-state index in [9.17, 15) is 30.0 Å². The number of rotatable bonds is 30. The second-order valence-corrected chi connectivity index (χ2v) is 12.3. The molecular formula is C34H66O7. The first kappa shape index (κ1) is 40.0. The van der Waals surface area contributed by atoms with Gasteiger partial charge in [-0.05, 0) is 25.7 Å². The van der Waals surface area contributed by atoms with Crippen molar-refractivity contribution in [3.05, 3.63) is 0 Å². The molecule has 0 aliphatic rings. The normalized spacial score (nSPS) is 14.5. The van der Waals surface area contributed by atoms with Crippen LogP contribution in [0.2, 0.25) is 0 Å². The van der Waals surface area contributed by atoms with Gasteiger partial charge in [-0.25, -0.2) is 9.59 Å². The predicted octanol–water partition coefficient (Wildman–Crippen LogP) is 7.69. The highest BCUT2D eigenvalue weighted by atomic mass is 16.6. The minimum absolute atomic E-state index is 0.0245. The number of ether oxygens (including phenoxy) is 1. The van der Waals surface area contributed by atoms with Crippen molar-refractivity contribution >= 4 is 11.9 Å². The average Bonchev–Trinajstić information content (AvgIpc) is 2.97. The van der Waals surface area contributed by atoms with Gasteiger partial charge in [0.2, 0.25) is 0 Å². The summed E-state index contributed by atoms with van der Waals surface area (Å²) in [7, 11) is 0. The molecule has 0 saturated heterocycles. The summed E-state index contributed by atoms with van der Waals surface area (Å²) in [5.74, 6) is -2.54. The number of carbonyl (C=O) groups is 2. The summed E-state index contributed by atoms with van der Waals surface area (Å²) in [6, 6.07) is 0. The molecule has 0 saturated carbocycles. The zero-order chi connectivity index (χ0) is 30.7. The first-order valence-corrected chi connectivity index (χ1v) is 17.2. The molecule has 7 nitrogen and oxygen atoms in total. The molecule has 0 spiro atoms. The highest BCUT2D eigenvalue weighted by Gasteiger charge is 2.43. The van der Waals surface area contributed by atoms with Crippen molar-refractivity contribution in [1.82, 2.24) is 0 Å². The van der Waals surface area contributed by atoms with Crippen LogP contribution in [-0.4, -0.2) is 56.8 Å². The predicted molar refractivity (Wildman–Crippen MR) is 167 cm³/mol. The van der Waals surface area contributed by atoms with Crippen molar-refractivity contribution in [1.29, 1.82) is 0 Å². The Hall–Kier alpha value is -1.02. The van der Waals surface area contributed by atoms with Gasteiger partial charge in [0, 0.05) is 0 Å². The van der Waals surface area contributed by atoms with Gasteiger partial charge in [-0.2, -0.15) is 0 Å². The van der Waals surface area contributed by atoms with E-state index in [1.165, 1.54) is 103 Å². The van der Waals surface area contributed by atoms with Gasteiger partial charge in [0.1, 0.15) is 0 Å². The van der Waals surface area contributed by atoms with Crippen molar-refractivity contribution in [2.45, 2.75) is 192 Å². The fraction of sp³-hybridized carbons (Fsp3) is 0.941. The number of carbonyl (C=O) groups excluding carboxylic acids is 2. The smallest absolute Gasteiger partial charge is 0.348 e. The van der Waals surface area contributed by atoms with E-state index in [4.69, 9.17) is 4.74 Å². The summed E-state index contributed by atoms with van der Waals surface area (Å²) in [6.07, 6.45) is 27.2. The first-order chi connectivity index (χ1) is 19.8. The Bertz CT molecular complexity index is 574. The zero-order valence-electron chi connectivity index (χ0n) is 26.8. The molecule has 0 bridgehead atoms. The van der Waals surface area contributed by atoms with Crippen molar-refractivity contribution in [3.63, 3.8) is 0 Å². The Balaban J connectivity index is 4.15. The molecule has 2 unspecified atom stereocenters. The van der Waals surface area contributed by atoms with Crippen LogP contribution < -0.4 is 0 Å². The third kappa shape index (κ3) is 20.5. The third-order valence-corrected chi connectivity index (χ3v) is 8.36. The quantitative estimate of drug-likeness (QED) is 0.0386. The van der Waals surface area contributed by atoms with Crippen molar-refractivity contribution < 1.29 is 34.8 Å². The van der Waals surface area contributed by atoms with Gasteiger partial charge in [0.05, 0.1) is 13.2 Å². The summed E-state index contributed by atoms with van der Waals surface area (Å²) in [5.41, 5.74) is -4.39. The molecule has 0 radical (unpaired) electrons. The number of esters is 2. The van der Waals surface area contributed by atoms with Gasteiger partial charge in [0.15, 0.2) is 11.2 Å². The molecule has 41 heavy (non-hydrogen) atoms. The molecule has 7 heteroatoms. The lowest BCUT2D eigenvalue weighted by Gasteiger charge is -2.27. The highest BCUT2D eigenvalue weighted by molar-refractivity contribution is 5.94. The van der Waals surface area contributed by atoms with Crippen LogP contribution in [0.5, 0.6) is 0 Å². The van der Waals surface area contributed by atoms with Crippen LogP contribution in [0.1, 0.15) is 181 Å². The van der Waals surface area contributed by atoms with Gasteiger partial charge >= 0.3 is 11.9 Å². The summed E-state index contributed by atoms with van der Waals surface area (Å²) >= 11 is 0. The molecule has 2 atom stereocenters. The second-order valence-electron chi connectivity index (χ2n) is 12.3. The zero-order valence-corrected chi connectivity index (χ0v) is 26.8. The lowest BCUT2D eigenvalue weighted by atomic mass is 9.95. The van der Waals surface area contributed by atoms with Gasteiger partial charge in [0.25, 0.3) is 0 Å².